The van der Waals surface area contributed by atoms with Crippen LogP contribution in [0.1, 0.15) is 41.5 Å². The number of esters is 1. The van der Waals surface area contributed by atoms with Crippen LogP contribution in [0.2, 0.25) is 0 Å². The van der Waals surface area contributed by atoms with Gasteiger partial charge in [0.05, 0.1) is 11.8 Å². The van der Waals surface area contributed by atoms with Gasteiger partial charge in [0.2, 0.25) is 0 Å². The van der Waals surface area contributed by atoms with Gasteiger partial charge in [-0.2, -0.15) is 0 Å². The van der Waals surface area contributed by atoms with Crippen LogP contribution in [0.25, 0.3) is 0 Å². The number of nitrogens with zero attached hydrogens (tertiary/aromatic N) is 1. The monoisotopic (exact) mass is 378 g/mol. The Labute approximate surface area is 158 Å². The Kier molecular flexibility index (Phi) is 5.98. The zero-order valence-electron chi connectivity index (χ0n) is 16.5. The Balaban J connectivity index is 2.27. The molecule has 0 fully saturated rings. The molecule has 0 aromatic heterocycles. The zero-order chi connectivity index (χ0) is 20.4. The van der Waals surface area contributed by atoms with Crippen LogP contribution in [0.3, 0.4) is 0 Å². The lowest BCUT2D eigenvalue weighted by Crippen LogP contribution is -2.49. The summed E-state index contributed by atoms with van der Waals surface area (Å²) in [6.07, 6.45) is -0.917. The van der Waals surface area contributed by atoms with Gasteiger partial charge in [-0.05, 0) is 59.7 Å². The van der Waals surface area contributed by atoms with Gasteiger partial charge in [-0.1, -0.05) is 0 Å². The van der Waals surface area contributed by atoms with Crippen LogP contribution in [0.4, 0.5) is 16.2 Å². The van der Waals surface area contributed by atoms with Gasteiger partial charge in [-0.15, -0.1) is 0 Å². The SMILES string of the molecule is CC(C)OC(=O)C(C)N1C(=O)COc2ccc(NC(=O)OC(C)(C)C)cc21. The summed E-state index contributed by atoms with van der Waals surface area (Å²) in [4.78, 5) is 38.0. The van der Waals surface area contributed by atoms with Crippen molar-refractivity contribution in [1.82, 2.24) is 0 Å². The van der Waals surface area contributed by atoms with Crippen molar-refractivity contribution in [3.05, 3.63) is 18.2 Å². The van der Waals surface area contributed by atoms with E-state index in [4.69, 9.17) is 14.2 Å². The fourth-order valence-electron chi connectivity index (χ4n) is 2.53. The second-order valence-corrected chi connectivity index (χ2v) is 7.52. The molecule has 2 rings (SSSR count). The van der Waals surface area contributed by atoms with E-state index in [1.54, 1.807) is 59.7 Å². The third-order valence-corrected chi connectivity index (χ3v) is 3.56. The number of rotatable bonds is 4. The number of carbonyl (C=O) groups is 3. The summed E-state index contributed by atoms with van der Waals surface area (Å²) >= 11 is 0. The molecule has 1 atom stereocenters. The van der Waals surface area contributed by atoms with Gasteiger partial charge < -0.3 is 14.2 Å². The number of ether oxygens (including phenoxy) is 3. The first-order valence-corrected chi connectivity index (χ1v) is 8.77. The average molecular weight is 378 g/mol. The molecule has 1 N–H and O–H groups in total. The van der Waals surface area contributed by atoms with Gasteiger partial charge in [-0.25, -0.2) is 9.59 Å². The number of fused-ring (bicyclic) bond motifs is 1. The molecule has 8 nitrogen and oxygen atoms in total. The van der Waals surface area contributed by atoms with Crippen LogP contribution < -0.4 is 15.0 Å². The Morgan fingerprint density at radius 1 is 1.22 bits per heavy atom. The van der Waals surface area contributed by atoms with Crippen molar-refractivity contribution in [3.63, 3.8) is 0 Å². The number of anilines is 2. The standard InChI is InChI=1S/C19H26N2O6/c1-11(2)26-17(23)12(3)21-14-9-13(20-18(24)27-19(4,5)6)7-8-15(14)25-10-16(21)22/h7-9,11-12H,10H2,1-6H3,(H,20,24). The van der Waals surface area contributed by atoms with Gasteiger partial charge in [0.1, 0.15) is 17.4 Å². The maximum absolute atomic E-state index is 12.4. The third-order valence-electron chi connectivity index (χ3n) is 3.56. The van der Waals surface area contributed by atoms with Crippen LogP contribution in [0, 0.1) is 0 Å². The first-order valence-electron chi connectivity index (χ1n) is 8.77. The van der Waals surface area contributed by atoms with Gasteiger partial charge in [-0.3, -0.25) is 15.0 Å². The summed E-state index contributed by atoms with van der Waals surface area (Å²) in [6.45, 7) is 10.2. The smallest absolute Gasteiger partial charge is 0.412 e. The molecular formula is C19H26N2O6. The maximum atomic E-state index is 12.4. The topological polar surface area (TPSA) is 94.2 Å². The molecular weight excluding hydrogens is 352 g/mol. The number of amides is 2. The highest BCUT2D eigenvalue weighted by atomic mass is 16.6. The molecule has 2 amide bonds. The van der Waals surface area contributed by atoms with Crippen molar-refractivity contribution in [2.75, 3.05) is 16.8 Å². The van der Waals surface area contributed by atoms with Crippen LogP contribution in [-0.4, -0.2) is 42.3 Å². The minimum absolute atomic E-state index is 0.175. The predicted octanol–water partition coefficient (Wildman–Crippen LogP) is 3.10. The first kappa shape index (κ1) is 20.5. The van der Waals surface area contributed by atoms with Crippen molar-refractivity contribution in [2.45, 2.75) is 59.3 Å². The predicted molar refractivity (Wildman–Crippen MR) is 100.0 cm³/mol. The normalized spacial score (nSPS) is 14.9. The molecule has 0 radical (unpaired) electrons. The molecule has 0 spiro atoms. The number of nitrogens with one attached hydrogen (secondary N) is 1. The van der Waals surface area contributed by atoms with Crippen molar-refractivity contribution in [3.8, 4) is 5.75 Å². The van der Waals surface area contributed by atoms with E-state index in [2.05, 4.69) is 5.32 Å². The molecule has 0 saturated heterocycles. The molecule has 1 aromatic rings. The van der Waals surface area contributed by atoms with E-state index in [0.717, 1.165) is 0 Å². The minimum atomic E-state index is -0.834. The molecule has 0 aliphatic carbocycles. The largest absolute Gasteiger partial charge is 0.482 e. The summed E-state index contributed by atoms with van der Waals surface area (Å²) in [5.74, 6) is -0.449. The number of benzene rings is 1. The summed E-state index contributed by atoms with van der Waals surface area (Å²) in [5.41, 5.74) is 0.155. The van der Waals surface area contributed by atoms with E-state index in [-0.39, 0.29) is 18.6 Å². The van der Waals surface area contributed by atoms with Crippen LogP contribution in [-0.2, 0) is 19.1 Å². The Hall–Kier alpha value is -2.77. The zero-order valence-corrected chi connectivity index (χ0v) is 16.5. The van der Waals surface area contributed by atoms with Crippen LogP contribution in [0.15, 0.2) is 18.2 Å². The van der Waals surface area contributed by atoms with Crippen molar-refractivity contribution in [1.29, 1.82) is 0 Å². The maximum Gasteiger partial charge on any atom is 0.412 e. The van der Waals surface area contributed by atoms with Crippen LogP contribution in [0.5, 0.6) is 5.75 Å². The molecule has 1 aromatic carbocycles. The molecule has 1 unspecified atom stereocenters. The van der Waals surface area contributed by atoms with Gasteiger partial charge in [0, 0.05) is 5.69 Å². The second-order valence-electron chi connectivity index (χ2n) is 7.52. The quantitative estimate of drug-likeness (QED) is 0.809. The Morgan fingerprint density at radius 3 is 2.48 bits per heavy atom. The Bertz CT molecular complexity index is 738. The van der Waals surface area contributed by atoms with E-state index in [1.165, 1.54) is 4.90 Å². The summed E-state index contributed by atoms with van der Waals surface area (Å²) in [5, 5.41) is 2.61. The molecule has 1 aliphatic heterocycles. The van der Waals surface area contributed by atoms with E-state index < -0.39 is 23.7 Å². The van der Waals surface area contributed by atoms with E-state index in [1.807, 2.05) is 0 Å². The van der Waals surface area contributed by atoms with Crippen molar-refractivity contribution >= 4 is 29.3 Å². The molecule has 1 heterocycles. The minimum Gasteiger partial charge on any atom is -0.482 e. The summed E-state index contributed by atoms with van der Waals surface area (Å²) in [6, 6.07) is 3.99. The summed E-state index contributed by atoms with van der Waals surface area (Å²) in [7, 11) is 0. The number of carbonyl (C=O) groups excluding carboxylic acids is 3. The first-order chi connectivity index (χ1) is 12.5. The average Bonchev–Trinajstić information content (AvgIpc) is 2.51. The number of hydrogen-bond acceptors (Lipinski definition) is 6. The fourth-order valence-corrected chi connectivity index (χ4v) is 2.53. The molecule has 0 bridgehead atoms. The highest BCUT2D eigenvalue weighted by Gasteiger charge is 2.34. The Morgan fingerprint density at radius 2 is 1.89 bits per heavy atom. The van der Waals surface area contributed by atoms with E-state index in [0.29, 0.717) is 17.1 Å². The summed E-state index contributed by atoms with van der Waals surface area (Å²) < 4.78 is 15.9. The lowest BCUT2D eigenvalue weighted by atomic mass is 10.1. The molecule has 8 heteroatoms. The van der Waals surface area contributed by atoms with Crippen LogP contribution >= 0.6 is 0 Å². The molecule has 0 saturated carbocycles. The fraction of sp³-hybridized carbons (Fsp3) is 0.526. The third kappa shape index (κ3) is 5.35. The molecule has 1 aliphatic rings. The lowest BCUT2D eigenvalue weighted by Gasteiger charge is -2.33. The highest BCUT2D eigenvalue weighted by Crippen LogP contribution is 2.36. The van der Waals surface area contributed by atoms with E-state index >= 15 is 0 Å². The van der Waals surface area contributed by atoms with Crippen molar-refractivity contribution < 1.29 is 28.6 Å². The van der Waals surface area contributed by atoms with Gasteiger partial charge >= 0.3 is 12.1 Å². The van der Waals surface area contributed by atoms with Crippen molar-refractivity contribution in [2.24, 2.45) is 0 Å². The molecule has 148 valence electrons. The highest BCUT2D eigenvalue weighted by molar-refractivity contribution is 6.03. The van der Waals surface area contributed by atoms with Gasteiger partial charge in [0.25, 0.3) is 5.91 Å². The van der Waals surface area contributed by atoms with E-state index in [9.17, 15) is 14.4 Å². The van der Waals surface area contributed by atoms with Gasteiger partial charge in [0.15, 0.2) is 6.61 Å². The number of hydrogen-bond donors (Lipinski definition) is 1. The lowest BCUT2D eigenvalue weighted by molar-refractivity contribution is -0.149. The second kappa shape index (κ2) is 7.85. The molecule has 27 heavy (non-hydrogen) atoms.